The van der Waals surface area contributed by atoms with Crippen LogP contribution in [-0.2, 0) is 15.6 Å². The Balaban J connectivity index is 1.66. The molecule has 3 rings (SSSR count). The highest BCUT2D eigenvalue weighted by Crippen LogP contribution is 2.38. The first kappa shape index (κ1) is 25.4. The smallest absolute Gasteiger partial charge is 0.258 e. The monoisotopic (exact) mass is 494 g/mol. The fourth-order valence-corrected chi connectivity index (χ4v) is 5.01. The zero-order valence-electron chi connectivity index (χ0n) is 18.8. The van der Waals surface area contributed by atoms with Gasteiger partial charge in [-0.2, -0.15) is 0 Å². The lowest BCUT2D eigenvalue weighted by Gasteiger charge is -2.35. The van der Waals surface area contributed by atoms with Crippen molar-refractivity contribution in [1.29, 1.82) is 0 Å². The number of piperidine rings is 1. The molecular formula is C24H28F2N2O3S2. The van der Waals surface area contributed by atoms with Crippen molar-refractivity contribution in [3.8, 4) is 16.9 Å². The lowest BCUT2D eigenvalue weighted by atomic mass is 9.93. The van der Waals surface area contributed by atoms with Gasteiger partial charge in [0, 0.05) is 59.3 Å². The minimum absolute atomic E-state index is 0.0532. The van der Waals surface area contributed by atoms with Crippen LogP contribution in [0.5, 0.6) is 5.75 Å². The molecular weight excluding hydrogens is 466 g/mol. The lowest BCUT2D eigenvalue weighted by Crippen LogP contribution is -2.51. The first-order valence-electron chi connectivity index (χ1n) is 10.6. The summed E-state index contributed by atoms with van der Waals surface area (Å²) in [5.74, 6) is -0.316. The topological polar surface area (TPSA) is 58.6 Å². The Morgan fingerprint density at radius 3 is 2.67 bits per heavy atom. The van der Waals surface area contributed by atoms with Crippen LogP contribution >= 0.6 is 11.9 Å². The van der Waals surface area contributed by atoms with E-state index in [1.54, 1.807) is 26.2 Å². The number of ether oxygens (including phenoxy) is 1. The van der Waals surface area contributed by atoms with Crippen molar-refractivity contribution in [2.24, 2.45) is 0 Å². The van der Waals surface area contributed by atoms with E-state index < -0.39 is 28.4 Å². The standard InChI is InChI=1S/C24H28F2N2O3S2/c1-17(9-14-33(3)30)27-23(29)24(26)10-12-28(13-11-24)32-22-8-7-19(25)16-21(22)18-5-4-6-20(15-18)31-2/h4-9,14-17H,10-13H2,1-3H3,(H,27,29)/b14-9-. The van der Waals surface area contributed by atoms with Gasteiger partial charge >= 0.3 is 0 Å². The zero-order chi connectivity index (χ0) is 24.0. The minimum atomic E-state index is -1.96. The van der Waals surface area contributed by atoms with Crippen LogP contribution in [0.25, 0.3) is 11.1 Å². The van der Waals surface area contributed by atoms with E-state index in [9.17, 15) is 13.4 Å². The van der Waals surface area contributed by atoms with Crippen LogP contribution in [0, 0.1) is 5.82 Å². The third-order valence-electron chi connectivity index (χ3n) is 5.39. The Labute approximate surface area is 200 Å². The normalized spacial score (nSPS) is 18.1. The molecule has 1 heterocycles. The average molecular weight is 495 g/mol. The van der Waals surface area contributed by atoms with E-state index in [2.05, 4.69) is 5.32 Å². The van der Waals surface area contributed by atoms with Crippen molar-refractivity contribution in [2.75, 3.05) is 26.5 Å². The molecule has 9 heteroatoms. The van der Waals surface area contributed by atoms with Crippen molar-refractivity contribution in [3.05, 3.63) is 59.8 Å². The predicted octanol–water partition coefficient (Wildman–Crippen LogP) is 4.71. The third kappa shape index (κ3) is 6.88. The molecule has 178 valence electrons. The van der Waals surface area contributed by atoms with E-state index in [1.807, 2.05) is 28.6 Å². The van der Waals surface area contributed by atoms with Gasteiger partial charge in [0.2, 0.25) is 0 Å². The lowest BCUT2D eigenvalue weighted by molar-refractivity contribution is -0.135. The molecule has 1 N–H and O–H groups in total. The highest BCUT2D eigenvalue weighted by molar-refractivity contribution is 7.97. The van der Waals surface area contributed by atoms with E-state index in [0.717, 1.165) is 16.0 Å². The summed E-state index contributed by atoms with van der Waals surface area (Å²) in [5, 5.41) is 4.11. The molecule has 0 aliphatic carbocycles. The van der Waals surface area contributed by atoms with Crippen LogP contribution in [0.15, 0.2) is 58.8 Å². The Morgan fingerprint density at radius 1 is 1.27 bits per heavy atom. The second-order valence-corrected chi connectivity index (χ2v) is 10.4. The number of carbonyl (C=O) groups excluding carboxylic acids is 1. The quantitative estimate of drug-likeness (QED) is 0.539. The number of hydrogen-bond acceptors (Lipinski definition) is 5. The van der Waals surface area contributed by atoms with Crippen LogP contribution in [0.2, 0.25) is 0 Å². The first-order chi connectivity index (χ1) is 15.7. The molecule has 0 spiro atoms. The molecule has 0 saturated carbocycles. The number of nitrogens with zero attached hydrogens (tertiary/aromatic N) is 1. The summed E-state index contributed by atoms with van der Waals surface area (Å²) in [6.07, 6.45) is 3.22. The largest absolute Gasteiger partial charge is 0.497 e. The first-order valence-corrected chi connectivity index (χ1v) is 13.0. The van der Waals surface area contributed by atoms with E-state index in [-0.39, 0.29) is 18.7 Å². The Morgan fingerprint density at radius 2 is 2.00 bits per heavy atom. The molecule has 0 aromatic heterocycles. The number of rotatable bonds is 8. The molecule has 1 fully saturated rings. The fraction of sp³-hybridized carbons (Fsp3) is 0.375. The number of alkyl halides is 1. The number of methoxy groups -OCH3 is 1. The number of nitrogens with one attached hydrogen (secondary N) is 1. The van der Waals surface area contributed by atoms with Crippen LogP contribution < -0.4 is 10.1 Å². The summed E-state index contributed by atoms with van der Waals surface area (Å²) in [6, 6.07) is 11.6. The summed E-state index contributed by atoms with van der Waals surface area (Å²) < 4.78 is 47.8. The number of halogens is 2. The highest BCUT2D eigenvalue weighted by Gasteiger charge is 2.42. The third-order valence-corrected chi connectivity index (χ3v) is 7.11. The summed E-state index contributed by atoms with van der Waals surface area (Å²) in [4.78, 5) is 13.3. The Kier molecular flexibility index (Phi) is 8.67. The molecule has 5 nitrogen and oxygen atoms in total. The zero-order valence-corrected chi connectivity index (χ0v) is 20.5. The van der Waals surface area contributed by atoms with Crippen molar-refractivity contribution in [1.82, 2.24) is 9.62 Å². The molecule has 2 aromatic carbocycles. The molecule has 1 aliphatic heterocycles. The average Bonchev–Trinajstić information content (AvgIpc) is 2.80. The van der Waals surface area contributed by atoms with E-state index in [4.69, 9.17) is 4.74 Å². The van der Waals surface area contributed by atoms with Gasteiger partial charge < -0.3 is 10.1 Å². The molecule has 2 aromatic rings. The number of hydrogen-bond donors (Lipinski definition) is 1. The van der Waals surface area contributed by atoms with E-state index >= 15 is 4.39 Å². The number of benzene rings is 2. The molecule has 2 atom stereocenters. The fourth-order valence-electron chi connectivity index (χ4n) is 3.51. The SMILES string of the molecule is COc1cccc(-c2cc(F)ccc2SN2CCC(F)(C(=O)NC(C)/C=C\S(C)=O)CC2)c1. The highest BCUT2D eigenvalue weighted by atomic mass is 32.2. The van der Waals surface area contributed by atoms with E-state index in [1.165, 1.54) is 35.7 Å². The number of amides is 1. The summed E-state index contributed by atoms with van der Waals surface area (Å²) in [5.41, 5.74) is -0.409. The molecule has 2 unspecified atom stereocenters. The molecule has 1 amide bonds. The van der Waals surface area contributed by atoms with Crippen LogP contribution in [0.3, 0.4) is 0 Å². The van der Waals surface area contributed by atoms with Gasteiger partial charge in [0.25, 0.3) is 5.91 Å². The van der Waals surface area contributed by atoms with Gasteiger partial charge in [-0.25, -0.2) is 13.1 Å². The van der Waals surface area contributed by atoms with Gasteiger partial charge in [-0.1, -0.05) is 18.2 Å². The maximum Gasteiger partial charge on any atom is 0.258 e. The number of carbonyl (C=O) groups is 1. The van der Waals surface area contributed by atoms with Gasteiger partial charge in [-0.05, 0) is 60.3 Å². The maximum absolute atomic E-state index is 15.3. The van der Waals surface area contributed by atoms with Crippen molar-refractivity contribution >= 4 is 28.7 Å². The van der Waals surface area contributed by atoms with Crippen molar-refractivity contribution < 1.29 is 22.5 Å². The summed E-state index contributed by atoms with van der Waals surface area (Å²) >= 11 is 1.43. The molecule has 1 aliphatic rings. The van der Waals surface area contributed by atoms with Crippen LogP contribution in [0.4, 0.5) is 8.78 Å². The van der Waals surface area contributed by atoms with Crippen molar-refractivity contribution in [2.45, 2.75) is 36.4 Å². The van der Waals surface area contributed by atoms with E-state index in [0.29, 0.717) is 18.8 Å². The van der Waals surface area contributed by atoms with Crippen LogP contribution in [-0.4, -0.2) is 52.6 Å². The molecule has 0 bridgehead atoms. The van der Waals surface area contributed by atoms with Crippen molar-refractivity contribution in [3.63, 3.8) is 0 Å². The Hall–Kier alpha value is -2.23. The van der Waals surface area contributed by atoms with Crippen LogP contribution in [0.1, 0.15) is 19.8 Å². The molecule has 0 radical (unpaired) electrons. The maximum atomic E-state index is 15.3. The Bertz CT molecular complexity index is 1040. The molecule has 1 saturated heterocycles. The predicted molar refractivity (Wildman–Crippen MR) is 130 cm³/mol. The van der Waals surface area contributed by atoms with Gasteiger partial charge in [-0.3, -0.25) is 9.00 Å². The summed E-state index contributed by atoms with van der Waals surface area (Å²) in [6.45, 7) is 2.45. The second kappa shape index (κ2) is 11.3. The van der Waals surface area contributed by atoms with Gasteiger partial charge in [0.05, 0.1) is 7.11 Å². The van der Waals surface area contributed by atoms with Gasteiger partial charge in [0.15, 0.2) is 5.67 Å². The van der Waals surface area contributed by atoms with Gasteiger partial charge in [-0.15, -0.1) is 0 Å². The second-order valence-electron chi connectivity index (χ2n) is 7.95. The molecule has 33 heavy (non-hydrogen) atoms. The summed E-state index contributed by atoms with van der Waals surface area (Å²) in [7, 11) is 0.453. The minimum Gasteiger partial charge on any atom is -0.497 e. The van der Waals surface area contributed by atoms with Gasteiger partial charge in [0.1, 0.15) is 11.6 Å².